The minimum Gasteiger partial charge on any atom is -0.389 e. The Labute approximate surface area is 117 Å². The maximum absolute atomic E-state index is 10.1. The van der Waals surface area contributed by atoms with E-state index < -0.39 is 5.60 Å². The summed E-state index contributed by atoms with van der Waals surface area (Å²) < 4.78 is 0. The lowest BCUT2D eigenvalue weighted by Gasteiger charge is -2.42. The van der Waals surface area contributed by atoms with Gasteiger partial charge in [0.25, 0.3) is 0 Å². The molecule has 0 spiro atoms. The van der Waals surface area contributed by atoms with E-state index in [2.05, 4.69) is 16.7 Å². The largest absolute Gasteiger partial charge is 0.389 e. The van der Waals surface area contributed by atoms with Gasteiger partial charge < -0.3 is 10.8 Å². The van der Waals surface area contributed by atoms with Crippen molar-refractivity contribution in [1.29, 1.82) is 0 Å². The molecule has 0 bridgehead atoms. The molecule has 0 aromatic carbocycles. The van der Waals surface area contributed by atoms with Gasteiger partial charge in [-0.2, -0.15) is 0 Å². The molecule has 0 aromatic rings. The molecule has 2 aliphatic rings. The van der Waals surface area contributed by atoms with Crippen LogP contribution in [0.15, 0.2) is 0 Å². The third-order valence-corrected chi connectivity index (χ3v) is 4.99. The van der Waals surface area contributed by atoms with Crippen molar-refractivity contribution in [2.45, 2.75) is 63.6 Å². The molecular weight excluding hydrogens is 238 g/mol. The van der Waals surface area contributed by atoms with Crippen LogP contribution in [-0.4, -0.2) is 65.3 Å². The summed E-state index contributed by atoms with van der Waals surface area (Å²) in [6.07, 6.45) is 6.41. The van der Waals surface area contributed by atoms with E-state index in [4.69, 9.17) is 5.73 Å². The molecule has 1 heterocycles. The molecule has 1 saturated heterocycles. The predicted molar refractivity (Wildman–Crippen MR) is 79.2 cm³/mol. The van der Waals surface area contributed by atoms with Gasteiger partial charge in [0.2, 0.25) is 0 Å². The summed E-state index contributed by atoms with van der Waals surface area (Å²) in [5, 5.41) is 10.1. The number of piperazine rings is 1. The smallest absolute Gasteiger partial charge is 0.0756 e. The molecular formula is C15H31N3O. The van der Waals surface area contributed by atoms with Crippen LogP contribution in [0.25, 0.3) is 0 Å². The van der Waals surface area contributed by atoms with Gasteiger partial charge >= 0.3 is 0 Å². The van der Waals surface area contributed by atoms with Crippen molar-refractivity contribution >= 4 is 0 Å². The Bertz CT molecular complexity index is 269. The van der Waals surface area contributed by atoms with E-state index in [0.29, 0.717) is 12.6 Å². The van der Waals surface area contributed by atoms with Crippen molar-refractivity contribution in [3.8, 4) is 0 Å². The average molecular weight is 269 g/mol. The van der Waals surface area contributed by atoms with Crippen molar-refractivity contribution in [1.82, 2.24) is 9.80 Å². The summed E-state index contributed by atoms with van der Waals surface area (Å²) in [6, 6.07) is 1.27. The zero-order valence-corrected chi connectivity index (χ0v) is 12.6. The summed E-state index contributed by atoms with van der Waals surface area (Å²) in [5.41, 5.74) is 4.89. The second-order valence-corrected chi connectivity index (χ2v) is 6.76. The van der Waals surface area contributed by atoms with E-state index >= 15 is 0 Å². The van der Waals surface area contributed by atoms with Crippen LogP contribution >= 0.6 is 0 Å². The molecule has 2 fully saturated rings. The van der Waals surface area contributed by atoms with Gasteiger partial charge in [-0.25, -0.2) is 0 Å². The average Bonchev–Trinajstić information content (AvgIpc) is 2.92. The number of nitrogens with two attached hydrogens (primary N) is 1. The molecule has 112 valence electrons. The Morgan fingerprint density at radius 2 is 1.79 bits per heavy atom. The van der Waals surface area contributed by atoms with Crippen LogP contribution in [0, 0.1) is 0 Å². The Hall–Kier alpha value is -0.160. The molecule has 4 nitrogen and oxygen atoms in total. The number of nitrogens with zero attached hydrogens (tertiary/aromatic N) is 2. The van der Waals surface area contributed by atoms with Gasteiger partial charge in [-0.3, -0.25) is 9.80 Å². The molecule has 2 atom stereocenters. The van der Waals surface area contributed by atoms with E-state index in [1.165, 1.54) is 38.8 Å². The lowest BCUT2D eigenvalue weighted by atomic mass is 9.96. The van der Waals surface area contributed by atoms with Crippen molar-refractivity contribution < 1.29 is 5.11 Å². The van der Waals surface area contributed by atoms with Crippen LogP contribution in [0.2, 0.25) is 0 Å². The predicted octanol–water partition coefficient (Wildman–Crippen LogP) is 1.03. The summed E-state index contributed by atoms with van der Waals surface area (Å²) in [4.78, 5) is 5.19. The van der Waals surface area contributed by atoms with E-state index in [0.717, 1.165) is 25.6 Å². The first-order valence-corrected chi connectivity index (χ1v) is 7.92. The van der Waals surface area contributed by atoms with E-state index in [1.54, 1.807) is 0 Å². The molecule has 2 unspecified atom stereocenters. The van der Waals surface area contributed by atoms with Gasteiger partial charge in [-0.15, -0.1) is 0 Å². The summed E-state index contributed by atoms with van der Waals surface area (Å²) >= 11 is 0. The van der Waals surface area contributed by atoms with E-state index in [1.807, 2.05) is 6.92 Å². The van der Waals surface area contributed by atoms with Gasteiger partial charge in [-0.1, -0.05) is 12.8 Å². The molecule has 0 aromatic heterocycles. The highest BCUT2D eigenvalue weighted by molar-refractivity contribution is 4.86. The minimum atomic E-state index is -0.720. The van der Waals surface area contributed by atoms with E-state index in [-0.39, 0.29) is 0 Å². The molecule has 4 heteroatoms. The summed E-state index contributed by atoms with van der Waals surface area (Å²) in [6.45, 7) is 9.07. The molecule has 2 rings (SSSR count). The maximum atomic E-state index is 10.1. The van der Waals surface area contributed by atoms with Crippen LogP contribution in [0.1, 0.15) is 46.0 Å². The van der Waals surface area contributed by atoms with Crippen LogP contribution in [0.4, 0.5) is 0 Å². The second kappa shape index (κ2) is 6.53. The van der Waals surface area contributed by atoms with Crippen LogP contribution in [-0.2, 0) is 0 Å². The molecule has 1 aliphatic heterocycles. The Morgan fingerprint density at radius 3 is 2.32 bits per heavy atom. The Morgan fingerprint density at radius 1 is 1.21 bits per heavy atom. The van der Waals surface area contributed by atoms with Crippen molar-refractivity contribution in [3.05, 3.63) is 0 Å². The number of aliphatic hydroxyl groups is 1. The highest BCUT2D eigenvalue weighted by atomic mass is 16.3. The molecule has 3 N–H and O–H groups in total. The molecule has 19 heavy (non-hydrogen) atoms. The third-order valence-electron chi connectivity index (χ3n) is 4.99. The molecule has 1 aliphatic carbocycles. The summed E-state index contributed by atoms with van der Waals surface area (Å²) in [5.74, 6) is 0. The number of rotatable bonds is 5. The lowest BCUT2D eigenvalue weighted by Crippen LogP contribution is -2.53. The normalized spacial score (nSPS) is 28.4. The van der Waals surface area contributed by atoms with Gasteiger partial charge in [0.1, 0.15) is 0 Å². The monoisotopic (exact) mass is 269 g/mol. The maximum Gasteiger partial charge on any atom is 0.0756 e. The number of hydrogen-bond acceptors (Lipinski definition) is 4. The van der Waals surface area contributed by atoms with Gasteiger partial charge in [0.05, 0.1) is 5.60 Å². The fraction of sp³-hybridized carbons (Fsp3) is 1.00. The Kier molecular flexibility index (Phi) is 5.23. The van der Waals surface area contributed by atoms with Gasteiger partial charge in [-0.05, 0) is 33.1 Å². The molecule has 1 saturated carbocycles. The molecule has 0 amide bonds. The first-order valence-electron chi connectivity index (χ1n) is 7.92. The zero-order chi connectivity index (χ0) is 13.9. The lowest BCUT2D eigenvalue weighted by molar-refractivity contribution is 0.0109. The van der Waals surface area contributed by atoms with Crippen LogP contribution in [0.3, 0.4) is 0 Å². The first-order chi connectivity index (χ1) is 9.02. The fourth-order valence-corrected chi connectivity index (χ4v) is 3.66. The second-order valence-electron chi connectivity index (χ2n) is 6.76. The third kappa shape index (κ3) is 4.15. The fourth-order valence-electron chi connectivity index (χ4n) is 3.66. The minimum absolute atomic E-state index is 0.347. The standard InChI is InChI=1S/C15H31N3O/c1-13(11-15(2,19)12-16)17-7-9-18(10-8-17)14-5-3-4-6-14/h13-14,19H,3-12,16H2,1-2H3. The Balaban J connectivity index is 1.76. The quantitative estimate of drug-likeness (QED) is 0.783. The van der Waals surface area contributed by atoms with Crippen molar-refractivity contribution in [2.75, 3.05) is 32.7 Å². The SMILES string of the molecule is CC(CC(C)(O)CN)N1CCN(C2CCCC2)CC1. The van der Waals surface area contributed by atoms with Crippen molar-refractivity contribution in [3.63, 3.8) is 0 Å². The highest BCUT2D eigenvalue weighted by Gasteiger charge is 2.30. The van der Waals surface area contributed by atoms with Gasteiger partial charge in [0, 0.05) is 44.8 Å². The number of hydrogen-bond donors (Lipinski definition) is 2. The van der Waals surface area contributed by atoms with Gasteiger partial charge in [0.15, 0.2) is 0 Å². The first kappa shape index (κ1) is 15.2. The summed E-state index contributed by atoms with van der Waals surface area (Å²) in [7, 11) is 0. The topological polar surface area (TPSA) is 52.7 Å². The zero-order valence-electron chi connectivity index (χ0n) is 12.6. The van der Waals surface area contributed by atoms with Crippen LogP contribution in [0.5, 0.6) is 0 Å². The molecule has 0 radical (unpaired) electrons. The van der Waals surface area contributed by atoms with Crippen LogP contribution < -0.4 is 5.73 Å². The van der Waals surface area contributed by atoms with Crippen molar-refractivity contribution in [2.24, 2.45) is 5.73 Å². The highest BCUT2D eigenvalue weighted by Crippen LogP contribution is 2.25. The van der Waals surface area contributed by atoms with E-state index in [9.17, 15) is 5.11 Å².